The zero-order chi connectivity index (χ0) is 28.2. The van der Waals surface area contributed by atoms with E-state index >= 15 is 0 Å². The highest BCUT2D eigenvalue weighted by molar-refractivity contribution is 7.89. The third-order valence-corrected chi connectivity index (χ3v) is 7.18. The van der Waals surface area contributed by atoms with Crippen molar-refractivity contribution in [1.29, 1.82) is 0 Å². The Bertz CT molecular complexity index is 1190. The zero-order valence-corrected chi connectivity index (χ0v) is 22.8. The molecule has 0 radical (unpaired) electrons. The van der Waals surface area contributed by atoms with Gasteiger partial charge in [0.05, 0.1) is 18.1 Å². The second-order valence-electron chi connectivity index (χ2n) is 9.03. The monoisotopic (exact) mass is 557 g/mol. The van der Waals surface area contributed by atoms with Crippen LogP contribution in [0.5, 0.6) is 0 Å². The normalized spacial score (nSPS) is 11.9. The van der Waals surface area contributed by atoms with Crippen LogP contribution in [0.4, 0.5) is 17.6 Å². The van der Waals surface area contributed by atoms with E-state index in [1.807, 2.05) is 6.07 Å². The average molecular weight is 558 g/mol. The number of unbranched alkanes of at least 4 members (excludes halogenated alkanes) is 2. The second kappa shape index (κ2) is 14.9. The summed E-state index contributed by atoms with van der Waals surface area (Å²) in [5.41, 5.74) is 2.06. The molecule has 0 fully saturated rings. The van der Waals surface area contributed by atoms with Crippen LogP contribution in [0.2, 0.25) is 0 Å². The predicted molar refractivity (Wildman–Crippen MR) is 140 cm³/mol. The van der Waals surface area contributed by atoms with Gasteiger partial charge in [0, 0.05) is 43.2 Å². The molecule has 0 spiro atoms. The third kappa shape index (κ3) is 10.9. The fourth-order valence-electron chi connectivity index (χ4n) is 3.47. The Morgan fingerprint density at radius 3 is 2.21 bits per heavy atom. The van der Waals surface area contributed by atoms with Gasteiger partial charge < -0.3 is 0 Å². The predicted octanol–water partition coefficient (Wildman–Crippen LogP) is 5.85. The molecule has 0 saturated carbocycles. The molecule has 0 N–H and O–H groups in total. The lowest BCUT2D eigenvalue weighted by molar-refractivity contribution is 0.0437. The fourth-order valence-corrected chi connectivity index (χ4v) is 4.98. The second-order valence-corrected chi connectivity index (χ2v) is 11.1. The van der Waals surface area contributed by atoms with E-state index in [0.717, 1.165) is 44.4 Å². The Labute approximate surface area is 222 Å². The van der Waals surface area contributed by atoms with Gasteiger partial charge in [0.2, 0.25) is 15.9 Å². The number of nitrogens with zero attached hydrogens (tertiary/aromatic N) is 5. The SMILES string of the molecule is CC(C)(F)F.CCCCCN(CCc1cc(-c2ccc(F)cc2)nn1-c1ncccn1)S(=O)(=O)CCCF. The van der Waals surface area contributed by atoms with Gasteiger partial charge in [0.1, 0.15) is 5.82 Å². The highest BCUT2D eigenvalue weighted by Gasteiger charge is 2.23. The lowest BCUT2D eigenvalue weighted by Gasteiger charge is -2.22. The largest absolute Gasteiger partial charge is 0.251 e. The highest BCUT2D eigenvalue weighted by atomic mass is 32.2. The number of aromatic nitrogens is 4. The summed E-state index contributed by atoms with van der Waals surface area (Å²) in [7, 11) is -3.57. The smallest absolute Gasteiger partial charge is 0.250 e. The molecular weight excluding hydrogens is 522 g/mol. The van der Waals surface area contributed by atoms with Crippen LogP contribution < -0.4 is 0 Å². The number of rotatable bonds is 13. The summed E-state index contributed by atoms with van der Waals surface area (Å²) >= 11 is 0. The first-order valence-corrected chi connectivity index (χ1v) is 14.1. The minimum absolute atomic E-state index is 0.0168. The van der Waals surface area contributed by atoms with E-state index in [1.165, 1.54) is 16.4 Å². The van der Waals surface area contributed by atoms with E-state index in [2.05, 4.69) is 22.0 Å². The van der Waals surface area contributed by atoms with E-state index in [1.54, 1.807) is 35.3 Å². The molecular formula is C26H35F4N5O2S. The van der Waals surface area contributed by atoms with Gasteiger partial charge in [0.15, 0.2) is 0 Å². The molecule has 3 aromatic rings. The summed E-state index contributed by atoms with van der Waals surface area (Å²) in [4.78, 5) is 8.53. The molecule has 210 valence electrons. The molecule has 0 aliphatic rings. The summed E-state index contributed by atoms with van der Waals surface area (Å²) in [6.45, 7) is 3.72. The van der Waals surface area contributed by atoms with Crippen molar-refractivity contribution >= 4 is 10.0 Å². The van der Waals surface area contributed by atoms with Gasteiger partial charge in [-0.3, -0.25) is 4.39 Å². The Balaban J connectivity index is 0.000000926. The van der Waals surface area contributed by atoms with E-state index in [-0.39, 0.29) is 24.5 Å². The maximum atomic E-state index is 13.4. The van der Waals surface area contributed by atoms with Crippen molar-refractivity contribution in [1.82, 2.24) is 24.1 Å². The first kappa shape index (κ1) is 31.4. The fraction of sp³-hybridized carbons (Fsp3) is 0.500. The number of halogens is 4. The molecule has 2 heterocycles. The van der Waals surface area contributed by atoms with Gasteiger partial charge in [-0.05, 0) is 63.1 Å². The van der Waals surface area contributed by atoms with E-state index in [9.17, 15) is 26.0 Å². The molecule has 0 atom stereocenters. The lowest BCUT2D eigenvalue weighted by atomic mass is 10.1. The van der Waals surface area contributed by atoms with Crippen molar-refractivity contribution in [3.05, 3.63) is 60.3 Å². The number of alkyl halides is 3. The number of hydrogen-bond acceptors (Lipinski definition) is 5. The van der Waals surface area contributed by atoms with Crippen molar-refractivity contribution in [3.8, 4) is 17.2 Å². The number of sulfonamides is 1. The Morgan fingerprint density at radius 2 is 1.63 bits per heavy atom. The molecule has 0 aliphatic carbocycles. The van der Waals surface area contributed by atoms with Crippen molar-refractivity contribution < 1.29 is 26.0 Å². The molecule has 0 saturated heterocycles. The highest BCUT2D eigenvalue weighted by Crippen LogP contribution is 2.22. The first-order valence-electron chi connectivity index (χ1n) is 12.5. The van der Waals surface area contributed by atoms with Gasteiger partial charge in [-0.25, -0.2) is 40.5 Å². The molecule has 0 bridgehead atoms. The molecule has 2 aromatic heterocycles. The Kier molecular flexibility index (Phi) is 12.3. The number of hydrogen-bond donors (Lipinski definition) is 0. The molecule has 0 amide bonds. The average Bonchev–Trinajstić information content (AvgIpc) is 3.29. The topological polar surface area (TPSA) is 81.0 Å². The van der Waals surface area contributed by atoms with Crippen LogP contribution in [0, 0.1) is 5.82 Å². The van der Waals surface area contributed by atoms with Crippen molar-refractivity contribution in [2.75, 3.05) is 25.5 Å². The van der Waals surface area contributed by atoms with Crippen molar-refractivity contribution in [2.24, 2.45) is 0 Å². The Morgan fingerprint density at radius 1 is 1.00 bits per heavy atom. The molecule has 12 heteroatoms. The molecule has 3 rings (SSSR count). The van der Waals surface area contributed by atoms with Crippen LogP contribution >= 0.6 is 0 Å². The summed E-state index contributed by atoms with van der Waals surface area (Å²) in [5, 5.41) is 4.60. The minimum atomic E-state index is -3.57. The number of benzene rings is 1. The molecule has 0 unspecified atom stereocenters. The molecule has 1 aromatic carbocycles. The molecule has 38 heavy (non-hydrogen) atoms. The molecule has 7 nitrogen and oxygen atoms in total. The first-order chi connectivity index (χ1) is 17.9. The lowest BCUT2D eigenvalue weighted by Crippen LogP contribution is -2.36. The summed E-state index contributed by atoms with van der Waals surface area (Å²) in [5.74, 6) is -2.69. The van der Waals surface area contributed by atoms with Crippen molar-refractivity contribution in [3.63, 3.8) is 0 Å². The summed E-state index contributed by atoms with van der Waals surface area (Å²) < 4.78 is 76.7. The van der Waals surface area contributed by atoms with E-state index in [4.69, 9.17) is 0 Å². The quantitative estimate of drug-likeness (QED) is 0.194. The van der Waals surface area contributed by atoms with Crippen molar-refractivity contribution in [2.45, 2.75) is 58.8 Å². The standard InChI is InChI=1S/C23H29F2N5O2S.C3H6F2/c1-2-3-4-15-29(33(31,32)17-5-12-24)16-11-21-18-22(19-7-9-20(25)10-8-19)28-30(21)23-26-13-6-14-27-23;1-3(2,4)5/h6-10,13-14,18H,2-5,11-12,15-17H2,1H3;1-2H3. The van der Waals surface area contributed by atoms with Gasteiger partial charge in [-0.2, -0.15) is 5.10 Å². The van der Waals surface area contributed by atoms with Crippen LogP contribution in [-0.2, 0) is 16.4 Å². The summed E-state index contributed by atoms with van der Waals surface area (Å²) in [6, 6.07) is 9.52. The maximum absolute atomic E-state index is 13.4. The van der Waals surface area contributed by atoms with Gasteiger partial charge in [-0.15, -0.1) is 0 Å². The summed E-state index contributed by atoms with van der Waals surface area (Å²) in [6.07, 6.45) is 6.18. The van der Waals surface area contributed by atoms with E-state index in [0.29, 0.717) is 24.6 Å². The van der Waals surface area contributed by atoms with Crippen LogP contribution in [0.15, 0.2) is 48.8 Å². The van der Waals surface area contributed by atoms with Gasteiger partial charge in [-0.1, -0.05) is 19.8 Å². The third-order valence-electron chi connectivity index (χ3n) is 5.22. The Hall–Kier alpha value is -2.86. The van der Waals surface area contributed by atoms with Crippen LogP contribution in [0.25, 0.3) is 17.2 Å². The minimum Gasteiger partial charge on any atom is -0.251 e. The van der Waals surface area contributed by atoms with Crippen LogP contribution in [0.1, 0.15) is 52.1 Å². The zero-order valence-electron chi connectivity index (χ0n) is 22.0. The van der Waals surface area contributed by atoms with Crippen LogP contribution in [0.3, 0.4) is 0 Å². The van der Waals surface area contributed by atoms with Gasteiger partial charge >= 0.3 is 0 Å². The van der Waals surface area contributed by atoms with Gasteiger partial charge in [0.25, 0.3) is 5.95 Å². The molecule has 0 aliphatic heterocycles. The van der Waals surface area contributed by atoms with Crippen LogP contribution in [-0.4, -0.2) is 63.9 Å². The van der Waals surface area contributed by atoms with E-state index < -0.39 is 22.6 Å². The maximum Gasteiger partial charge on any atom is 0.250 e.